The van der Waals surface area contributed by atoms with Gasteiger partial charge in [-0.15, -0.1) is 0 Å². The summed E-state index contributed by atoms with van der Waals surface area (Å²) in [6, 6.07) is 10.7. The summed E-state index contributed by atoms with van der Waals surface area (Å²) in [5, 5.41) is 11.9. The van der Waals surface area contributed by atoms with Crippen LogP contribution >= 0.6 is 0 Å². The Kier molecular flexibility index (Phi) is 4.73. The summed E-state index contributed by atoms with van der Waals surface area (Å²) in [5.41, 5.74) is 21.2. The van der Waals surface area contributed by atoms with Gasteiger partial charge in [0.15, 0.2) is 0 Å². The molecule has 0 amide bonds. The van der Waals surface area contributed by atoms with Gasteiger partial charge >= 0.3 is 0 Å². The fraction of sp³-hybridized carbons (Fsp3) is 0.200. The molecule has 0 radical (unpaired) electrons. The van der Waals surface area contributed by atoms with E-state index in [9.17, 15) is 0 Å². The van der Waals surface area contributed by atoms with Crippen LogP contribution in [0.1, 0.15) is 5.56 Å². The summed E-state index contributed by atoms with van der Waals surface area (Å²) in [6.45, 7) is 0.735. The summed E-state index contributed by atoms with van der Waals surface area (Å²) < 4.78 is 5.29. The fourth-order valence-electron chi connectivity index (χ4n) is 1.92. The summed E-state index contributed by atoms with van der Waals surface area (Å²) in [4.78, 5) is 0. The Morgan fingerprint density at radius 1 is 1.00 bits per heavy atom. The van der Waals surface area contributed by atoms with E-state index in [2.05, 4.69) is 5.32 Å². The Labute approximate surface area is 123 Å². The van der Waals surface area contributed by atoms with Crippen molar-refractivity contribution >= 4 is 22.7 Å². The first-order chi connectivity index (χ1) is 10.1. The van der Waals surface area contributed by atoms with E-state index in [1.54, 1.807) is 24.3 Å². The number of anilines is 4. The van der Waals surface area contributed by atoms with Crippen molar-refractivity contribution in [2.45, 2.75) is 6.54 Å². The number of nitrogen functional groups attached to an aromatic ring is 3. The van der Waals surface area contributed by atoms with Crippen molar-refractivity contribution in [1.29, 1.82) is 0 Å². The van der Waals surface area contributed by atoms with Crippen LogP contribution in [0.25, 0.3) is 0 Å². The van der Waals surface area contributed by atoms with E-state index >= 15 is 0 Å². The molecule has 0 unspecified atom stereocenters. The number of nitrogens with one attached hydrogen (secondary N) is 1. The molecule has 6 heteroatoms. The van der Waals surface area contributed by atoms with Crippen LogP contribution in [0, 0.1) is 0 Å². The third-order valence-electron chi connectivity index (χ3n) is 3.02. The molecule has 0 aliphatic rings. The van der Waals surface area contributed by atoms with Crippen molar-refractivity contribution in [2.24, 2.45) is 0 Å². The topological polar surface area (TPSA) is 120 Å². The fourth-order valence-corrected chi connectivity index (χ4v) is 1.92. The van der Waals surface area contributed by atoms with Crippen molar-refractivity contribution in [3.8, 4) is 5.75 Å². The highest BCUT2D eigenvalue weighted by Crippen LogP contribution is 2.25. The Bertz CT molecular complexity index is 617. The maximum atomic E-state index is 8.72. The molecule has 2 aromatic rings. The van der Waals surface area contributed by atoms with Gasteiger partial charge < -0.3 is 32.4 Å². The minimum atomic E-state index is -0.0331. The van der Waals surface area contributed by atoms with Crippen molar-refractivity contribution < 1.29 is 9.84 Å². The number of benzene rings is 2. The van der Waals surface area contributed by atoms with E-state index in [0.717, 1.165) is 11.3 Å². The van der Waals surface area contributed by atoms with Crippen LogP contribution in [0.5, 0.6) is 5.75 Å². The summed E-state index contributed by atoms with van der Waals surface area (Å²) >= 11 is 0. The molecule has 0 heterocycles. The first-order valence-corrected chi connectivity index (χ1v) is 6.61. The van der Waals surface area contributed by atoms with Gasteiger partial charge in [0, 0.05) is 24.0 Å². The molecule has 0 saturated carbocycles. The van der Waals surface area contributed by atoms with Gasteiger partial charge in [-0.2, -0.15) is 0 Å². The van der Waals surface area contributed by atoms with Gasteiger partial charge in [0.1, 0.15) is 12.4 Å². The standard InChI is InChI=1S/C15H20N4O2/c16-11-1-3-13(17)10(7-11)9-19-15-4-2-12(8-14(15)18)21-6-5-20/h1-4,7-8,19-20H,5-6,9,16-18H2. The Morgan fingerprint density at radius 2 is 1.81 bits per heavy atom. The number of aliphatic hydroxyl groups is 1. The molecule has 0 atom stereocenters. The van der Waals surface area contributed by atoms with E-state index < -0.39 is 0 Å². The van der Waals surface area contributed by atoms with Crippen LogP contribution in [-0.2, 0) is 6.54 Å². The largest absolute Gasteiger partial charge is 0.491 e. The summed E-state index contributed by atoms with van der Waals surface area (Å²) in [5.74, 6) is 0.621. The monoisotopic (exact) mass is 288 g/mol. The van der Waals surface area contributed by atoms with Crippen molar-refractivity contribution in [2.75, 3.05) is 35.7 Å². The second-order valence-corrected chi connectivity index (χ2v) is 4.63. The van der Waals surface area contributed by atoms with Crippen LogP contribution in [0.4, 0.5) is 22.7 Å². The highest BCUT2D eigenvalue weighted by Gasteiger charge is 2.04. The Morgan fingerprint density at radius 3 is 2.52 bits per heavy atom. The molecule has 21 heavy (non-hydrogen) atoms. The third kappa shape index (κ3) is 3.93. The molecule has 0 aliphatic carbocycles. The molecule has 112 valence electrons. The van der Waals surface area contributed by atoms with Gasteiger partial charge in [-0.05, 0) is 35.9 Å². The molecule has 6 nitrogen and oxygen atoms in total. The normalized spacial score (nSPS) is 10.3. The highest BCUT2D eigenvalue weighted by molar-refractivity contribution is 5.68. The van der Waals surface area contributed by atoms with Crippen LogP contribution in [0.2, 0.25) is 0 Å². The number of nitrogens with two attached hydrogens (primary N) is 3. The average molecular weight is 288 g/mol. The third-order valence-corrected chi connectivity index (χ3v) is 3.02. The highest BCUT2D eigenvalue weighted by atomic mass is 16.5. The lowest BCUT2D eigenvalue weighted by Gasteiger charge is -2.13. The average Bonchev–Trinajstić information content (AvgIpc) is 2.47. The zero-order valence-corrected chi connectivity index (χ0v) is 11.7. The molecule has 8 N–H and O–H groups in total. The molecule has 0 saturated heterocycles. The lowest BCUT2D eigenvalue weighted by atomic mass is 10.1. The Hall–Kier alpha value is -2.60. The second kappa shape index (κ2) is 6.71. The quantitative estimate of drug-likeness (QED) is 0.513. The number of aliphatic hydroxyl groups excluding tert-OH is 1. The van der Waals surface area contributed by atoms with Gasteiger partial charge in [0.25, 0.3) is 0 Å². The zero-order valence-electron chi connectivity index (χ0n) is 11.7. The lowest BCUT2D eigenvalue weighted by Crippen LogP contribution is -2.06. The summed E-state index contributed by atoms with van der Waals surface area (Å²) in [6.07, 6.45) is 0. The number of rotatable bonds is 6. The number of hydrogen-bond donors (Lipinski definition) is 5. The van der Waals surface area contributed by atoms with E-state index in [1.165, 1.54) is 0 Å². The van der Waals surface area contributed by atoms with Crippen LogP contribution in [0.3, 0.4) is 0 Å². The van der Waals surface area contributed by atoms with E-state index in [1.807, 2.05) is 12.1 Å². The molecule has 2 rings (SSSR count). The van der Waals surface area contributed by atoms with Gasteiger partial charge in [0.05, 0.1) is 18.0 Å². The van der Waals surface area contributed by atoms with Gasteiger partial charge in [-0.3, -0.25) is 0 Å². The predicted molar refractivity (Wildman–Crippen MR) is 86.0 cm³/mol. The van der Waals surface area contributed by atoms with Crippen molar-refractivity contribution in [3.05, 3.63) is 42.0 Å². The number of ether oxygens (including phenoxy) is 1. The van der Waals surface area contributed by atoms with Gasteiger partial charge in [-0.1, -0.05) is 0 Å². The van der Waals surface area contributed by atoms with Crippen LogP contribution < -0.4 is 27.3 Å². The van der Waals surface area contributed by atoms with Gasteiger partial charge in [0.2, 0.25) is 0 Å². The minimum Gasteiger partial charge on any atom is -0.491 e. The van der Waals surface area contributed by atoms with Crippen LogP contribution in [0.15, 0.2) is 36.4 Å². The predicted octanol–water partition coefficient (Wildman–Crippen LogP) is 1.42. The van der Waals surface area contributed by atoms with Gasteiger partial charge in [-0.25, -0.2) is 0 Å². The van der Waals surface area contributed by atoms with Crippen molar-refractivity contribution in [1.82, 2.24) is 0 Å². The molecule has 0 aliphatic heterocycles. The molecular formula is C15H20N4O2. The number of hydrogen-bond acceptors (Lipinski definition) is 6. The molecule has 2 aromatic carbocycles. The first-order valence-electron chi connectivity index (χ1n) is 6.61. The SMILES string of the molecule is Nc1ccc(N)c(CNc2ccc(OCCO)cc2N)c1. The maximum absolute atomic E-state index is 8.72. The lowest BCUT2D eigenvalue weighted by molar-refractivity contribution is 0.201. The zero-order chi connectivity index (χ0) is 15.2. The van der Waals surface area contributed by atoms with E-state index in [4.69, 9.17) is 27.0 Å². The second-order valence-electron chi connectivity index (χ2n) is 4.63. The molecule has 0 bridgehead atoms. The molecule has 0 aromatic heterocycles. The van der Waals surface area contributed by atoms with Crippen molar-refractivity contribution in [3.63, 3.8) is 0 Å². The minimum absolute atomic E-state index is 0.0331. The first kappa shape index (κ1) is 14.8. The molecule has 0 spiro atoms. The molecule has 0 fully saturated rings. The smallest absolute Gasteiger partial charge is 0.121 e. The van der Waals surface area contributed by atoms with E-state index in [-0.39, 0.29) is 13.2 Å². The summed E-state index contributed by atoms with van der Waals surface area (Å²) in [7, 11) is 0. The van der Waals surface area contributed by atoms with E-state index in [0.29, 0.717) is 29.4 Å². The molecular weight excluding hydrogens is 268 g/mol. The van der Waals surface area contributed by atoms with Crippen LogP contribution in [-0.4, -0.2) is 18.3 Å². The Balaban J connectivity index is 2.04. The maximum Gasteiger partial charge on any atom is 0.121 e.